The number of carbonyl (C=O) groups excluding carboxylic acids is 1. The second-order valence-corrected chi connectivity index (χ2v) is 5.73. The SMILES string of the molecule is CN1CCN(c2c(F)cc(N3C[C@H](CO)OC3=O)cc2F)CCO1. The van der Waals surface area contributed by atoms with E-state index in [1.165, 1.54) is 0 Å². The lowest BCUT2D eigenvalue weighted by molar-refractivity contribution is -0.126. The summed E-state index contributed by atoms with van der Waals surface area (Å²) in [6.45, 7) is 1.32. The number of aliphatic hydroxyl groups is 1. The van der Waals surface area contributed by atoms with Gasteiger partial charge in [-0.1, -0.05) is 0 Å². The molecule has 1 N–H and O–H groups in total. The molecule has 132 valence electrons. The van der Waals surface area contributed by atoms with Crippen LogP contribution in [0.4, 0.5) is 25.0 Å². The van der Waals surface area contributed by atoms with Gasteiger partial charge in [0.2, 0.25) is 0 Å². The van der Waals surface area contributed by atoms with Gasteiger partial charge in [-0.05, 0) is 0 Å². The number of hydrogen-bond donors (Lipinski definition) is 1. The minimum Gasteiger partial charge on any atom is -0.441 e. The van der Waals surface area contributed by atoms with Gasteiger partial charge >= 0.3 is 6.09 Å². The summed E-state index contributed by atoms with van der Waals surface area (Å²) < 4.78 is 33.9. The Hall–Kier alpha value is -1.97. The van der Waals surface area contributed by atoms with Crippen LogP contribution in [0.1, 0.15) is 0 Å². The Morgan fingerprint density at radius 3 is 2.58 bits per heavy atom. The molecule has 0 spiro atoms. The van der Waals surface area contributed by atoms with Gasteiger partial charge in [-0.2, -0.15) is 5.06 Å². The highest BCUT2D eigenvalue weighted by atomic mass is 19.1. The van der Waals surface area contributed by atoms with Crippen molar-refractivity contribution in [2.75, 3.05) is 56.2 Å². The van der Waals surface area contributed by atoms with Crippen LogP contribution >= 0.6 is 0 Å². The van der Waals surface area contributed by atoms with E-state index in [1.807, 2.05) is 0 Å². The maximum atomic E-state index is 14.5. The summed E-state index contributed by atoms with van der Waals surface area (Å²) in [7, 11) is 1.76. The quantitative estimate of drug-likeness (QED) is 0.882. The molecule has 0 aromatic heterocycles. The fourth-order valence-electron chi connectivity index (χ4n) is 2.81. The highest BCUT2D eigenvalue weighted by Crippen LogP contribution is 2.31. The molecule has 7 nitrogen and oxygen atoms in total. The zero-order valence-corrected chi connectivity index (χ0v) is 13.2. The Labute approximate surface area is 137 Å². The van der Waals surface area contributed by atoms with E-state index < -0.39 is 23.8 Å². The average Bonchev–Trinajstić information content (AvgIpc) is 2.79. The molecule has 2 aliphatic heterocycles. The Kier molecular flexibility index (Phi) is 4.83. The smallest absolute Gasteiger partial charge is 0.414 e. The van der Waals surface area contributed by atoms with Gasteiger partial charge in [-0.15, -0.1) is 0 Å². The lowest BCUT2D eigenvalue weighted by Crippen LogP contribution is -2.31. The largest absolute Gasteiger partial charge is 0.441 e. The molecule has 1 atom stereocenters. The molecule has 3 rings (SSSR count). The van der Waals surface area contributed by atoms with Crippen molar-refractivity contribution in [3.63, 3.8) is 0 Å². The first-order chi connectivity index (χ1) is 11.5. The van der Waals surface area contributed by atoms with Crippen molar-refractivity contribution < 1.29 is 28.3 Å². The van der Waals surface area contributed by atoms with Crippen LogP contribution in [0.2, 0.25) is 0 Å². The summed E-state index contributed by atoms with van der Waals surface area (Å²) in [5.74, 6) is -1.51. The monoisotopic (exact) mass is 343 g/mol. The zero-order valence-electron chi connectivity index (χ0n) is 13.2. The first kappa shape index (κ1) is 16.9. The third-order valence-electron chi connectivity index (χ3n) is 4.06. The predicted octanol–water partition coefficient (Wildman–Crippen LogP) is 0.966. The van der Waals surface area contributed by atoms with Gasteiger partial charge in [-0.25, -0.2) is 13.6 Å². The van der Waals surface area contributed by atoms with Crippen molar-refractivity contribution in [1.29, 1.82) is 0 Å². The van der Waals surface area contributed by atoms with E-state index in [-0.39, 0.29) is 24.5 Å². The normalized spacial score (nSPS) is 22.7. The number of anilines is 2. The van der Waals surface area contributed by atoms with Crippen molar-refractivity contribution in [3.8, 4) is 0 Å². The van der Waals surface area contributed by atoms with Gasteiger partial charge in [0.1, 0.15) is 11.8 Å². The van der Waals surface area contributed by atoms with Gasteiger partial charge in [-0.3, -0.25) is 9.74 Å². The number of hydrogen-bond acceptors (Lipinski definition) is 6. The number of aliphatic hydroxyl groups excluding tert-OH is 1. The van der Waals surface area contributed by atoms with Gasteiger partial charge in [0, 0.05) is 38.8 Å². The second kappa shape index (κ2) is 6.88. The van der Waals surface area contributed by atoms with Crippen LogP contribution in [0.5, 0.6) is 0 Å². The van der Waals surface area contributed by atoms with Gasteiger partial charge < -0.3 is 14.7 Å². The zero-order chi connectivity index (χ0) is 17.3. The van der Waals surface area contributed by atoms with Crippen molar-refractivity contribution in [2.24, 2.45) is 0 Å². The van der Waals surface area contributed by atoms with E-state index in [1.54, 1.807) is 17.0 Å². The number of likely N-dealkylation sites (N-methyl/N-ethyl adjacent to an activating group) is 1. The summed E-state index contributed by atoms with van der Waals surface area (Å²) in [5.41, 5.74) is -0.0678. The van der Waals surface area contributed by atoms with Crippen LogP contribution in [-0.4, -0.2) is 68.8 Å². The summed E-state index contributed by atoms with van der Waals surface area (Å²) in [5, 5.41) is 10.7. The molecule has 2 fully saturated rings. The molecule has 0 radical (unpaired) electrons. The molecular weight excluding hydrogens is 324 g/mol. The Morgan fingerprint density at radius 2 is 1.96 bits per heavy atom. The number of cyclic esters (lactones) is 1. The number of carbonyl (C=O) groups is 1. The van der Waals surface area contributed by atoms with Crippen LogP contribution in [-0.2, 0) is 9.57 Å². The van der Waals surface area contributed by atoms with E-state index in [9.17, 15) is 13.6 Å². The third kappa shape index (κ3) is 3.28. The van der Waals surface area contributed by atoms with E-state index in [2.05, 4.69) is 0 Å². The standard InChI is InChI=1S/C15H19F2N3O4/c1-18-2-3-19(4-5-23-18)14-12(16)6-10(7-13(14)17)20-8-11(9-21)24-15(20)22/h6-7,11,21H,2-5,8-9H2,1H3/t11-/m1/s1. The molecule has 1 aromatic rings. The minimum atomic E-state index is -0.755. The average molecular weight is 343 g/mol. The first-order valence-corrected chi connectivity index (χ1v) is 7.66. The maximum Gasteiger partial charge on any atom is 0.414 e. The lowest BCUT2D eigenvalue weighted by atomic mass is 10.2. The Morgan fingerprint density at radius 1 is 1.25 bits per heavy atom. The molecule has 0 saturated carbocycles. The fraction of sp³-hybridized carbons (Fsp3) is 0.533. The predicted molar refractivity (Wildman–Crippen MR) is 81.9 cm³/mol. The fourth-order valence-corrected chi connectivity index (χ4v) is 2.81. The Balaban J connectivity index is 1.85. The molecule has 0 bridgehead atoms. The molecule has 2 heterocycles. The molecular formula is C15H19F2N3O4. The highest BCUT2D eigenvalue weighted by Gasteiger charge is 2.33. The molecule has 9 heteroatoms. The van der Waals surface area contributed by atoms with Gasteiger partial charge in [0.25, 0.3) is 0 Å². The molecule has 0 unspecified atom stereocenters. The van der Waals surface area contributed by atoms with Gasteiger partial charge in [0.05, 0.1) is 25.4 Å². The molecule has 2 aliphatic rings. The number of ether oxygens (including phenoxy) is 1. The molecule has 24 heavy (non-hydrogen) atoms. The van der Waals surface area contributed by atoms with Gasteiger partial charge in [0.15, 0.2) is 11.6 Å². The van der Waals surface area contributed by atoms with Crippen molar-refractivity contribution >= 4 is 17.5 Å². The van der Waals surface area contributed by atoms with Crippen LogP contribution in [0.15, 0.2) is 12.1 Å². The number of amides is 1. The van der Waals surface area contributed by atoms with E-state index >= 15 is 0 Å². The number of benzene rings is 1. The molecule has 2 saturated heterocycles. The summed E-state index contributed by atoms with van der Waals surface area (Å²) in [6, 6.07) is 2.21. The number of rotatable bonds is 3. The summed E-state index contributed by atoms with van der Waals surface area (Å²) >= 11 is 0. The lowest BCUT2D eigenvalue weighted by Gasteiger charge is -2.24. The molecule has 1 amide bonds. The first-order valence-electron chi connectivity index (χ1n) is 7.66. The third-order valence-corrected chi connectivity index (χ3v) is 4.06. The number of nitrogens with zero attached hydrogens (tertiary/aromatic N) is 3. The number of hydroxylamine groups is 2. The van der Waals surface area contributed by atoms with Crippen LogP contribution in [0.3, 0.4) is 0 Å². The van der Waals surface area contributed by atoms with E-state index in [0.717, 1.165) is 17.0 Å². The van der Waals surface area contributed by atoms with Crippen molar-refractivity contribution in [2.45, 2.75) is 6.10 Å². The second-order valence-electron chi connectivity index (χ2n) is 5.73. The van der Waals surface area contributed by atoms with Crippen molar-refractivity contribution in [3.05, 3.63) is 23.8 Å². The van der Waals surface area contributed by atoms with Crippen molar-refractivity contribution in [1.82, 2.24) is 5.06 Å². The topological polar surface area (TPSA) is 65.5 Å². The minimum absolute atomic E-state index is 0.0515. The van der Waals surface area contributed by atoms with Crippen LogP contribution in [0.25, 0.3) is 0 Å². The summed E-state index contributed by atoms with van der Waals surface area (Å²) in [4.78, 5) is 19.8. The molecule has 1 aromatic carbocycles. The van der Waals surface area contributed by atoms with Crippen LogP contribution in [0, 0.1) is 11.6 Å². The Bertz CT molecular complexity index is 608. The van der Waals surface area contributed by atoms with Crippen LogP contribution < -0.4 is 9.80 Å². The summed E-state index contributed by atoms with van der Waals surface area (Å²) in [6.07, 6.45) is -1.42. The maximum absolute atomic E-state index is 14.5. The molecule has 0 aliphatic carbocycles. The van der Waals surface area contributed by atoms with E-state index in [4.69, 9.17) is 14.7 Å². The number of halogens is 2. The van der Waals surface area contributed by atoms with E-state index in [0.29, 0.717) is 26.2 Å². The highest BCUT2D eigenvalue weighted by molar-refractivity contribution is 5.90.